The fourth-order valence-electron chi connectivity index (χ4n) is 1.47. The Hall–Kier alpha value is -1.66. The lowest BCUT2D eigenvalue weighted by Crippen LogP contribution is -2.30. The zero-order valence-corrected chi connectivity index (χ0v) is 9.74. The first-order chi connectivity index (χ1) is 8.12. The molecule has 0 aliphatic carbocycles. The van der Waals surface area contributed by atoms with E-state index in [0.717, 1.165) is 5.57 Å². The lowest BCUT2D eigenvalue weighted by molar-refractivity contribution is -0.127. The van der Waals surface area contributed by atoms with Crippen LogP contribution in [0.5, 0.6) is 0 Å². The Morgan fingerprint density at radius 2 is 2.53 bits per heavy atom. The van der Waals surface area contributed by atoms with Gasteiger partial charge >= 0.3 is 0 Å². The number of carbonyl (C=O) groups excluding carboxylic acids is 1. The van der Waals surface area contributed by atoms with E-state index in [2.05, 4.69) is 11.6 Å². The van der Waals surface area contributed by atoms with Gasteiger partial charge in [-0.3, -0.25) is 14.7 Å². The minimum absolute atomic E-state index is 0.135. The Morgan fingerprint density at radius 1 is 1.82 bits per heavy atom. The highest BCUT2D eigenvalue weighted by atomic mass is 16.5. The maximum absolute atomic E-state index is 10.9. The number of rotatable bonds is 5. The third-order valence-corrected chi connectivity index (χ3v) is 2.51. The average Bonchev–Trinajstić information content (AvgIpc) is 2.71. The average molecular weight is 239 g/mol. The molecular formula is C11H17N3O3. The van der Waals surface area contributed by atoms with Crippen LogP contribution in [0.25, 0.3) is 0 Å². The molecule has 1 aliphatic heterocycles. The molecule has 94 valence electrons. The number of nitrogens with two attached hydrogens (primary N) is 1. The van der Waals surface area contributed by atoms with Crippen LogP contribution in [0.3, 0.4) is 0 Å². The monoisotopic (exact) mass is 239 g/mol. The largest absolute Gasteiger partial charge is 0.393 e. The van der Waals surface area contributed by atoms with E-state index in [9.17, 15) is 4.79 Å². The first-order valence-electron chi connectivity index (χ1n) is 5.19. The molecule has 0 bridgehead atoms. The number of aliphatic imine (C=N–C) groups is 1. The molecule has 0 aromatic rings. The van der Waals surface area contributed by atoms with Gasteiger partial charge in [-0.15, -0.1) is 0 Å². The summed E-state index contributed by atoms with van der Waals surface area (Å²) in [6, 6.07) is 0. The van der Waals surface area contributed by atoms with Crippen molar-refractivity contribution in [3.63, 3.8) is 0 Å². The molecule has 1 amide bonds. The zero-order chi connectivity index (χ0) is 12.8. The minimum atomic E-state index is -0.446. The summed E-state index contributed by atoms with van der Waals surface area (Å²) in [6.45, 7) is 3.65. The summed E-state index contributed by atoms with van der Waals surface area (Å²) in [6.07, 6.45) is 3.28. The molecule has 0 saturated carbocycles. The number of amidine groups is 1. The van der Waals surface area contributed by atoms with Gasteiger partial charge in [-0.25, -0.2) is 0 Å². The highest BCUT2D eigenvalue weighted by Crippen LogP contribution is 2.25. The highest BCUT2D eigenvalue weighted by Gasteiger charge is 2.31. The Morgan fingerprint density at radius 3 is 3.00 bits per heavy atom. The molecule has 3 N–H and O–H groups in total. The van der Waals surface area contributed by atoms with Crippen molar-refractivity contribution in [2.24, 2.45) is 10.7 Å². The lowest BCUT2D eigenvalue weighted by atomic mass is 10.1. The Balaban J connectivity index is 2.67. The number of hydrogen-bond donors (Lipinski definition) is 2. The number of nitrogens with zero attached hydrogens (tertiary/aromatic N) is 2. The van der Waals surface area contributed by atoms with Gasteiger partial charge in [0.1, 0.15) is 18.2 Å². The van der Waals surface area contributed by atoms with Crippen molar-refractivity contribution < 1.29 is 14.6 Å². The second-order valence-corrected chi connectivity index (χ2v) is 3.64. The fraction of sp³-hybridized carbons (Fsp3) is 0.455. The van der Waals surface area contributed by atoms with Gasteiger partial charge in [-0.1, -0.05) is 6.58 Å². The van der Waals surface area contributed by atoms with E-state index in [0.29, 0.717) is 18.7 Å². The van der Waals surface area contributed by atoms with Crippen LogP contribution >= 0.6 is 0 Å². The Kier molecular flexibility index (Phi) is 4.86. The van der Waals surface area contributed by atoms with Crippen molar-refractivity contribution in [2.75, 3.05) is 13.7 Å². The fourth-order valence-corrected chi connectivity index (χ4v) is 1.47. The van der Waals surface area contributed by atoms with Crippen LogP contribution in [0.1, 0.15) is 6.42 Å². The number of ether oxygens (including phenoxy) is 1. The predicted octanol–water partition coefficient (Wildman–Crippen LogP) is -0.391. The van der Waals surface area contributed by atoms with Crippen molar-refractivity contribution in [2.45, 2.75) is 18.8 Å². The molecule has 1 aliphatic rings. The summed E-state index contributed by atoms with van der Waals surface area (Å²) < 4.78 is 5.46. The molecule has 0 aromatic heterocycles. The third-order valence-electron chi connectivity index (χ3n) is 2.51. The molecule has 0 radical (unpaired) electrons. The van der Waals surface area contributed by atoms with E-state index in [1.165, 1.54) is 17.2 Å². The molecule has 1 fully saturated rings. The van der Waals surface area contributed by atoms with Crippen LogP contribution in [0.4, 0.5) is 0 Å². The summed E-state index contributed by atoms with van der Waals surface area (Å²) in [7, 11) is 1.56. The highest BCUT2D eigenvalue weighted by molar-refractivity contribution is 5.91. The molecule has 2 unspecified atom stereocenters. The topological polar surface area (TPSA) is 88.2 Å². The van der Waals surface area contributed by atoms with Crippen LogP contribution in [-0.2, 0) is 9.53 Å². The second kappa shape index (κ2) is 6.17. The van der Waals surface area contributed by atoms with Gasteiger partial charge in [0.05, 0.1) is 6.61 Å². The van der Waals surface area contributed by atoms with Gasteiger partial charge in [-0.2, -0.15) is 0 Å². The van der Waals surface area contributed by atoms with Crippen molar-refractivity contribution in [3.8, 4) is 0 Å². The predicted molar refractivity (Wildman–Crippen MR) is 64.1 cm³/mol. The van der Waals surface area contributed by atoms with E-state index in [1.807, 2.05) is 0 Å². The molecule has 2 atom stereocenters. The normalized spacial score (nSPS) is 25.5. The van der Waals surface area contributed by atoms with Crippen LogP contribution in [0, 0.1) is 0 Å². The first kappa shape index (κ1) is 13.4. The summed E-state index contributed by atoms with van der Waals surface area (Å²) in [5.74, 6) is 0.312. The molecule has 1 heterocycles. The summed E-state index contributed by atoms with van der Waals surface area (Å²) in [4.78, 5) is 16.0. The number of carbonyl (C=O) groups is 1. The zero-order valence-electron chi connectivity index (χ0n) is 9.74. The third kappa shape index (κ3) is 3.40. The van der Waals surface area contributed by atoms with Gasteiger partial charge < -0.3 is 15.6 Å². The second-order valence-electron chi connectivity index (χ2n) is 3.64. The van der Waals surface area contributed by atoms with Gasteiger partial charge in [0.15, 0.2) is 0 Å². The van der Waals surface area contributed by atoms with Gasteiger partial charge in [-0.05, 0) is 11.6 Å². The molecule has 6 heteroatoms. The summed E-state index contributed by atoms with van der Waals surface area (Å²) in [5.41, 5.74) is 6.25. The van der Waals surface area contributed by atoms with Gasteiger partial charge in [0, 0.05) is 19.7 Å². The molecule has 0 aromatic carbocycles. The van der Waals surface area contributed by atoms with Crippen molar-refractivity contribution in [3.05, 3.63) is 24.4 Å². The van der Waals surface area contributed by atoms with E-state index < -0.39 is 12.3 Å². The lowest BCUT2D eigenvalue weighted by Gasteiger charge is -2.20. The number of aliphatic hydroxyl groups is 1. The van der Waals surface area contributed by atoms with Crippen molar-refractivity contribution >= 4 is 12.2 Å². The molecule has 17 heavy (non-hydrogen) atoms. The Bertz CT molecular complexity index is 352. The maximum Gasteiger partial charge on any atom is 0.215 e. The number of amides is 1. The standard InChI is InChI=1S/C11H17N3O3/c1-8-5-11(17-9(8)6-15)14(7-16)4-3-10(12)13-2/h3-4,7,9,11,15H,1,5-6H2,2H3,(H2,12,13)/b4-3-. The SMILES string of the molecule is C=C1CC(N(C=O)/C=C\C(N)=NC)OC1CO. The Labute approximate surface area is 100 Å². The van der Waals surface area contributed by atoms with Gasteiger partial charge in [0.25, 0.3) is 0 Å². The molecule has 1 saturated heterocycles. The van der Waals surface area contributed by atoms with E-state index in [4.69, 9.17) is 15.6 Å². The first-order valence-corrected chi connectivity index (χ1v) is 5.19. The van der Waals surface area contributed by atoms with Crippen LogP contribution < -0.4 is 5.73 Å². The van der Waals surface area contributed by atoms with Crippen molar-refractivity contribution in [1.82, 2.24) is 4.90 Å². The minimum Gasteiger partial charge on any atom is -0.393 e. The smallest absolute Gasteiger partial charge is 0.215 e. The van der Waals surface area contributed by atoms with Crippen molar-refractivity contribution in [1.29, 1.82) is 0 Å². The quantitative estimate of drug-likeness (QED) is 0.296. The van der Waals surface area contributed by atoms with E-state index in [-0.39, 0.29) is 6.61 Å². The molecule has 0 spiro atoms. The maximum atomic E-state index is 10.9. The van der Waals surface area contributed by atoms with Gasteiger partial charge in [0.2, 0.25) is 6.41 Å². The number of aliphatic hydroxyl groups excluding tert-OH is 1. The van der Waals surface area contributed by atoms with Crippen LogP contribution in [-0.4, -0.2) is 48.2 Å². The summed E-state index contributed by atoms with van der Waals surface area (Å²) >= 11 is 0. The molecular weight excluding hydrogens is 222 g/mol. The summed E-state index contributed by atoms with van der Waals surface area (Å²) in [5, 5.41) is 9.02. The molecule has 6 nitrogen and oxygen atoms in total. The van der Waals surface area contributed by atoms with Crippen LogP contribution in [0.15, 0.2) is 29.4 Å². The number of hydrogen-bond acceptors (Lipinski definition) is 4. The van der Waals surface area contributed by atoms with Crippen LogP contribution in [0.2, 0.25) is 0 Å². The molecule has 1 rings (SSSR count). The van der Waals surface area contributed by atoms with E-state index in [1.54, 1.807) is 7.05 Å². The van der Waals surface area contributed by atoms with E-state index >= 15 is 0 Å².